The molecule has 60 valence electrons. The van der Waals surface area contributed by atoms with Crippen LogP contribution in [0.4, 0.5) is 0 Å². The summed E-state index contributed by atoms with van der Waals surface area (Å²) in [7, 11) is 0. The lowest BCUT2D eigenvalue weighted by atomic mass is 10.2. The molecule has 1 saturated heterocycles. The minimum absolute atomic E-state index is 0.0953. The average Bonchev–Trinajstić information content (AvgIpc) is 2.34. The van der Waals surface area contributed by atoms with Crippen LogP contribution in [0.2, 0.25) is 0 Å². The van der Waals surface area contributed by atoms with E-state index in [-0.39, 0.29) is 6.10 Å². The minimum atomic E-state index is -2.14. The molecule has 0 aliphatic carbocycles. The summed E-state index contributed by atoms with van der Waals surface area (Å²) in [6.45, 7) is 1.17. The average molecular weight is 164 g/mol. The number of hydrogen-bond donors (Lipinski definition) is 1. The Labute approximate surface area is 62.4 Å². The van der Waals surface area contributed by atoms with Crippen molar-refractivity contribution in [3.63, 3.8) is 0 Å². The van der Waals surface area contributed by atoms with Gasteiger partial charge in [0.2, 0.25) is 0 Å². The Morgan fingerprint density at radius 3 is 3.10 bits per heavy atom. The van der Waals surface area contributed by atoms with E-state index in [0.29, 0.717) is 6.54 Å². The molecule has 2 atom stereocenters. The molecule has 0 saturated carbocycles. The molecule has 4 nitrogen and oxygen atoms in total. The molecule has 0 spiro atoms. The van der Waals surface area contributed by atoms with Gasteiger partial charge in [-0.1, -0.05) is 0 Å². The fraction of sp³-hybridized carbons (Fsp3) is 1.00. The fourth-order valence-electron chi connectivity index (χ4n) is 0.966. The van der Waals surface area contributed by atoms with Crippen molar-refractivity contribution in [3.05, 3.63) is 0 Å². The molecule has 0 aromatic heterocycles. The molecular weight excluding hydrogens is 154 g/mol. The van der Waals surface area contributed by atoms with Gasteiger partial charge in [0.25, 0.3) is 0 Å². The molecule has 0 bridgehead atoms. The Hall–Kier alpha value is 0.0300. The summed E-state index contributed by atoms with van der Waals surface area (Å²) in [6, 6.07) is 0. The second kappa shape index (κ2) is 4.02. The Bertz CT molecular complexity index is 124. The topological polar surface area (TPSA) is 61.4 Å². The third-order valence-corrected chi connectivity index (χ3v) is 1.86. The first-order chi connectivity index (χ1) is 4.79. The van der Waals surface area contributed by atoms with Crippen molar-refractivity contribution < 1.29 is 13.5 Å². The van der Waals surface area contributed by atoms with Gasteiger partial charge in [-0.3, -0.25) is 4.21 Å². The maximum Gasteiger partial charge on any atom is 0.0710 e. The number of ether oxygens (including phenoxy) is 1. The van der Waals surface area contributed by atoms with Gasteiger partial charge in [0.1, 0.15) is 0 Å². The van der Waals surface area contributed by atoms with Crippen molar-refractivity contribution in [1.29, 1.82) is 0 Å². The van der Waals surface area contributed by atoms with Crippen LogP contribution in [0.5, 0.6) is 0 Å². The van der Waals surface area contributed by atoms with Crippen LogP contribution in [-0.2, 0) is 16.0 Å². The standard InChI is InChI=1S/C5H11NO3S/c7-10(8)6-4-5-2-1-3-9-5/h5-6H,1-4H2,(H,7,8)/p-1. The molecule has 0 aromatic rings. The van der Waals surface area contributed by atoms with Crippen molar-refractivity contribution in [2.75, 3.05) is 13.2 Å². The lowest BCUT2D eigenvalue weighted by Crippen LogP contribution is -2.27. The van der Waals surface area contributed by atoms with Crippen molar-refractivity contribution in [2.45, 2.75) is 18.9 Å². The summed E-state index contributed by atoms with van der Waals surface area (Å²) in [5.74, 6) is 0. The first-order valence-electron chi connectivity index (χ1n) is 3.23. The molecule has 1 aliphatic heterocycles. The Morgan fingerprint density at radius 2 is 2.60 bits per heavy atom. The molecule has 5 heteroatoms. The molecule has 0 radical (unpaired) electrons. The molecule has 1 rings (SSSR count). The number of hydrogen-bond acceptors (Lipinski definition) is 3. The quantitative estimate of drug-likeness (QED) is 0.575. The number of rotatable bonds is 3. The van der Waals surface area contributed by atoms with Crippen molar-refractivity contribution >= 4 is 11.3 Å². The van der Waals surface area contributed by atoms with Gasteiger partial charge in [0.05, 0.1) is 6.10 Å². The summed E-state index contributed by atoms with van der Waals surface area (Å²) in [5, 5.41) is 0. The van der Waals surface area contributed by atoms with Gasteiger partial charge in [-0.2, -0.15) is 0 Å². The first-order valence-corrected chi connectivity index (χ1v) is 4.31. The van der Waals surface area contributed by atoms with Crippen LogP contribution in [0.25, 0.3) is 0 Å². The largest absolute Gasteiger partial charge is 0.760 e. The van der Waals surface area contributed by atoms with Crippen molar-refractivity contribution in [3.8, 4) is 0 Å². The van der Waals surface area contributed by atoms with E-state index in [1.807, 2.05) is 0 Å². The van der Waals surface area contributed by atoms with E-state index >= 15 is 0 Å². The highest BCUT2D eigenvalue weighted by Gasteiger charge is 2.14. The van der Waals surface area contributed by atoms with E-state index < -0.39 is 11.3 Å². The third-order valence-electron chi connectivity index (χ3n) is 1.45. The van der Waals surface area contributed by atoms with Crippen molar-refractivity contribution in [1.82, 2.24) is 4.72 Å². The molecule has 0 amide bonds. The lowest BCUT2D eigenvalue weighted by Gasteiger charge is -2.11. The summed E-state index contributed by atoms with van der Waals surface area (Å²) in [6.07, 6.45) is 2.10. The predicted octanol–water partition coefficient (Wildman–Crippen LogP) is -0.451. The Morgan fingerprint density at radius 1 is 1.80 bits per heavy atom. The van der Waals surface area contributed by atoms with Gasteiger partial charge in [0, 0.05) is 24.4 Å². The molecule has 10 heavy (non-hydrogen) atoms. The Balaban J connectivity index is 2.07. The maximum atomic E-state index is 9.99. The van der Waals surface area contributed by atoms with Crippen LogP contribution in [-0.4, -0.2) is 28.0 Å². The summed E-state index contributed by atoms with van der Waals surface area (Å²) < 4.78 is 27.4. The molecule has 1 fully saturated rings. The zero-order valence-corrected chi connectivity index (χ0v) is 6.36. The molecule has 1 N–H and O–H groups in total. The van der Waals surface area contributed by atoms with E-state index in [4.69, 9.17) is 4.74 Å². The summed E-state index contributed by atoms with van der Waals surface area (Å²) >= 11 is -2.14. The van der Waals surface area contributed by atoms with Gasteiger partial charge in [-0.15, -0.1) is 0 Å². The zero-order valence-electron chi connectivity index (χ0n) is 5.54. The van der Waals surface area contributed by atoms with E-state index in [0.717, 1.165) is 19.4 Å². The molecule has 2 unspecified atom stereocenters. The third kappa shape index (κ3) is 2.74. The van der Waals surface area contributed by atoms with E-state index in [1.165, 1.54) is 0 Å². The number of nitrogens with one attached hydrogen (secondary N) is 1. The van der Waals surface area contributed by atoms with Crippen LogP contribution in [0.15, 0.2) is 0 Å². The van der Waals surface area contributed by atoms with Gasteiger partial charge >= 0.3 is 0 Å². The van der Waals surface area contributed by atoms with Crippen LogP contribution in [0.3, 0.4) is 0 Å². The van der Waals surface area contributed by atoms with Crippen LogP contribution in [0, 0.1) is 0 Å². The summed E-state index contributed by atoms with van der Waals surface area (Å²) in [5.41, 5.74) is 0. The van der Waals surface area contributed by atoms with Gasteiger partial charge in [0.15, 0.2) is 0 Å². The van der Waals surface area contributed by atoms with E-state index in [2.05, 4.69) is 4.72 Å². The Kier molecular flexibility index (Phi) is 3.27. The lowest BCUT2D eigenvalue weighted by molar-refractivity contribution is 0.114. The second-order valence-electron chi connectivity index (χ2n) is 2.22. The predicted molar refractivity (Wildman–Crippen MR) is 35.9 cm³/mol. The van der Waals surface area contributed by atoms with Crippen LogP contribution >= 0.6 is 0 Å². The van der Waals surface area contributed by atoms with Crippen LogP contribution < -0.4 is 4.72 Å². The van der Waals surface area contributed by atoms with Gasteiger partial charge in [-0.05, 0) is 12.8 Å². The van der Waals surface area contributed by atoms with E-state index in [1.54, 1.807) is 0 Å². The van der Waals surface area contributed by atoms with E-state index in [9.17, 15) is 8.76 Å². The molecular formula is C5H10NO3S-. The minimum Gasteiger partial charge on any atom is -0.760 e. The smallest absolute Gasteiger partial charge is 0.0710 e. The molecule has 0 aromatic carbocycles. The normalized spacial score (nSPS) is 28.7. The fourth-order valence-corrected chi connectivity index (χ4v) is 1.29. The highest BCUT2D eigenvalue weighted by atomic mass is 32.2. The first kappa shape index (κ1) is 8.13. The highest BCUT2D eigenvalue weighted by molar-refractivity contribution is 7.77. The van der Waals surface area contributed by atoms with Gasteiger partial charge in [-0.25, -0.2) is 4.72 Å². The molecule has 1 aliphatic rings. The van der Waals surface area contributed by atoms with Crippen molar-refractivity contribution in [2.24, 2.45) is 0 Å². The molecule has 1 heterocycles. The zero-order chi connectivity index (χ0) is 7.40. The SMILES string of the molecule is O=S([O-])NCC1CCCO1. The van der Waals surface area contributed by atoms with Gasteiger partial charge < -0.3 is 9.29 Å². The maximum absolute atomic E-state index is 9.99. The highest BCUT2D eigenvalue weighted by Crippen LogP contribution is 2.10. The monoisotopic (exact) mass is 164 g/mol. The summed E-state index contributed by atoms with van der Waals surface area (Å²) in [4.78, 5) is 0. The van der Waals surface area contributed by atoms with Crippen LogP contribution in [0.1, 0.15) is 12.8 Å². The second-order valence-corrected chi connectivity index (χ2v) is 2.98.